The Balaban J connectivity index is 0.00000112. The molecule has 16 heavy (non-hydrogen) atoms. The van der Waals surface area contributed by atoms with E-state index in [-0.39, 0.29) is 70.7 Å². The van der Waals surface area contributed by atoms with Crippen molar-refractivity contribution >= 4 is 9.73 Å². The number of hydrogen-bond acceptors (Lipinski definition) is 2. The van der Waals surface area contributed by atoms with Gasteiger partial charge in [0.1, 0.15) is 0 Å². The third kappa shape index (κ3) is 4.53. The summed E-state index contributed by atoms with van der Waals surface area (Å²) in [5.41, 5.74) is 1.03. The molecule has 2 atom stereocenters. The van der Waals surface area contributed by atoms with Gasteiger partial charge in [0.2, 0.25) is 0 Å². The van der Waals surface area contributed by atoms with Gasteiger partial charge in [0.25, 0.3) is 0 Å². The van der Waals surface area contributed by atoms with Crippen molar-refractivity contribution in [3.8, 4) is 0 Å². The number of hydrogen-bond donors (Lipinski definition) is 0. The Morgan fingerprint density at radius 3 is 2.81 bits per heavy atom. The van der Waals surface area contributed by atoms with Crippen molar-refractivity contribution < 1.29 is 69.6 Å². The van der Waals surface area contributed by atoms with E-state index < -0.39 is 9.73 Å². The van der Waals surface area contributed by atoms with Crippen molar-refractivity contribution in [1.82, 2.24) is 4.98 Å². The monoisotopic (exact) mass is 386 g/mol. The second kappa shape index (κ2) is 7.68. The van der Waals surface area contributed by atoms with Crippen LogP contribution in [0.4, 0.5) is 0 Å². The molecule has 0 N–H and O–H groups in total. The van der Waals surface area contributed by atoms with Gasteiger partial charge >= 0.3 is 0 Å². The maximum Gasteiger partial charge on any atom is 0.0107 e. The van der Waals surface area contributed by atoms with Crippen LogP contribution in [0.5, 0.6) is 0 Å². The fourth-order valence-corrected chi connectivity index (χ4v) is 3.74. The van der Waals surface area contributed by atoms with Crippen molar-refractivity contribution in [2.24, 2.45) is 0 Å². The Labute approximate surface area is 147 Å². The molecule has 0 spiro atoms. The summed E-state index contributed by atoms with van der Waals surface area (Å²) in [7, 11) is -2.57. The van der Waals surface area contributed by atoms with E-state index in [4.69, 9.17) is 0 Å². The summed E-state index contributed by atoms with van der Waals surface area (Å²) in [5.74, 6) is 0.462. The van der Waals surface area contributed by atoms with E-state index >= 15 is 0 Å². The molecular formula is C10H12N2OSY2-2. The molecule has 1 aliphatic heterocycles. The van der Waals surface area contributed by atoms with Gasteiger partial charge in [-0.25, -0.2) is 0 Å². The van der Waals surface area contributed by atoms with Gasteiger partial charge in [0.05, 0.1) is 0 Å². The summed E-state index contributed by atoms with van der Waals surface area (Å²) >= 11 is 0. The number of nitrogens with zero attached hydrogens (tertiary/aromatic N) is 2. The Morgan fingerprint density at radius 1 is 1.56 bits per heavy atom. The second-order valence-corrected chi connectivity index (χ2v) is 6.11. The minimum Gasteiger partial charge on any atom is -0.751 e. The summed E-state index contributed by atoms with van der Waals surface area (Å²) in [5, 5.41) is -0.0771. The molecular weight excluding hydrogens is 374 g/mol. The normalized spacial score (nSPS) is 27.9. The number of rotatable bonds is 2. The average molecular weight is 386 g/mol. The second-order valence-electron chi connectivity index (χ2n) is 3.66. The standard InChI is InChI=1S/C10H12N2OS.2Y/c11-14(13)6-2-4-10(14)7-9-3-1-5-12-8-9;;/h1,3,8,10H,2,4,6-7H2;;/q-2;;. The zero-order valence-electron chi connectivity index (χ0n) is 9.00. The molecule has 0 saturated carbocycles. The molecule has 3 nitrogen and oxygen atoms in total. The fraction of sp³-hybridized carbons (Fsp3) is 0.500. The van der Waals surface area contributed by atoms with Gasteiger partial charge in [-0.1, -0.05) is 12.4 Å². The van der Waals surface area contributed by atoms with Gasteiger partial charge in [-0.3, -0.25) is 4.21 Å². The first-order valence-corrected chi connectivity index (χ1v) is 6.47. The molecule has 0 aliphatic carbocycles. The van der Waals surface area contributed by atoms with Gasteiger partial charge in [0.15, 0.2) is 0 Å². The van der Waals surface area contributed by atoms with Crippen LogP contribution in [-0.2, 0) is 81.6 Å². The summed E-state index contributed by atoms with van der Waals surface area (Å²) in [6, 6.07) is 3.64. The van der Waals surface area contributed by atoms with E-state index in [1.807, 2.05) is 6.07 Å². The van der Waals surface area contributed by atoms with E-state index in [9.17, 15) is 8.99 Å². The van der Waals surface area contributed by atoms with Crippen molar-refractivity contribution in [3.63, 3.8) is 0 Å². The quantitative estimate of drug-likeness (QED) is 0.726. The van der Waals surface area contributed by atoms with Crippen LogP contribution in [0.2, 0.25) is 0 Å². The van der Waals surface area contributed by atoms with Crippen LogP contribution in [0.15, 0.2) is 18.3 Å². The molecule has 1 saturated heterocycles. The first-order valence-electron chi connectivity index (χ1n) is 4.72. The molecule has 2 heterocycles. The Kier molecular flexibility index (Phi) is 8.31. The Hall–Kier alpha value is 1.31. The largest absolute Gasteiger partial charge is 0.751 e. The summed E-state index contributed by atoms with van der Waals surface area (Å²) in [6.07, 6.45) is 6.80. The smallest absolute Gasteiger partial charge is 0.0107 e. The van der Waals surface area contributed by atoms with Crippen LogP contribution in [0.3, 0.4) is 0 Å². The molecule has 1 aliphatic rings. The summed E-state index contributed by atoms with van der Waals surface area (Å²) < 4.78 is 21.3. The van der Waals surface area contributed by atoms with Crippen molar-refractivity contribution in [2.45, 2.75) is 24.5 Å². The van der Waals surface area contributed by atoms with Crippen molar-refractivity contribution in [1.29, 1.82) is 0 Å². The van der Waals surface area contributed by atoms with Crippen LogP contribution in [-0.4, -0.2) is 20.2 Å². The van der Waals surface area contributed by atoms with Gasteiger partial charge in [-0.15, -0.1) is 15.3 Å². The molecule has 0 bridgehead atoms. The van der Waals surface area contributed by atoms with Gasteiger partial charge in [-0.2, -0.15) is 12.1 Å². The van der Waals surface area contributed by atoms with E-state index in [0.29, 0.717) is 12.2 Å². The Morgan fingerprint density at radius 2 is 2.31 bits per heavy atom. The molecule has 0 aromatic carbocycles. The SMILES string of the molecule is [N-]=S1(=O)CCCC1Cc1cc[c-]nc1.[Y].[Y]. The summed E-state index contributed by atoms with van der Waals surface area (Å²) in [6.45, 7) is 0. The molecule has 1 fully saturated rings. The molecule has 82 valence electrons. The zero-order chi connectivity index (χ0) is 10.0. The predicted octanol–water partition coefficient (Wildman–Crippen LogP) is 1.62. The number of pyridine rings is 1. The molecule has 1 aromatic heterocycles. The third-order valence-electron chi connectivity index (χ3n) is 2.62. The zero-order valence-corrected chi connectivity index (χ0v) is 15.5. The third-order valence-corrected chi connectivity index (χ3v) is 4.94. The molecule has 2 unspecified atom stereocenters. The molecule has 2 radical (unpaired) electrons. The Bertz CT molecular complexity index is 408. The number of aromatic nitrogens is 1. The maximum absolute atomic E-state index is 11.6. The molecule has 2 rings (SSSR count). The first-order chi connectivity index (χ1) is 6.68. The van der Waals surface area contributed by atoms with Crippen LogP contribution in [0.1, 0.15) is 18.4 Å². The fourth-order valence-electron chi connectivity index (χ4n) is 1.84. The van der Waals surface area contributed by atoms with Crippen LogP contribution in [0.25, 0.3) is 4.78 Å². The van der Waals surface area contributed by atoms with Gasteiger partial charge < -0.3 is 9.76 Å². The molecule has 6 heteroatoms. The van der Waals surface area contributed by atoms with Crippen LogP contribution in [0, 0.1) is 6.20 Å². The van der Waals surface area contributed by atoms with E-state index in [0.717, 1.165) is 18.4 Å². The van der Waals surface area contributed by atoms with Crippen LogP contribution >= 0.6 is 0 Å². The molecule has 1 aromatic rings. The maximum atomic E-state index is 11.6. The van der Waals surface area contributed by atoms with Gasteiger partial charge in [0, 0.05) is 70.7 Å². The average Bonchev–Trinajstić information content (AvgIpc) is 2.48. The van der Waals surface area contributed by atoms with Crippen molar-refractivity contribution in [2.75, 3.05) is 5.75 Å². The minimum atomic E-state index is -2.57. The first kappa shape index (κ1) is 17.3. The van der Waals surface area contributed by atoms with Gasteiger partial charge in [-0.05, 0) is 25.0 Å². The van der Waals surface area contributed by atoms with E-state index in [1.165, 1.54) is 0 Å². The topological polar surface area (TPSA) is 52.3 Å². The van der Waals surface area contributed by atoms with Crippen LogP contribution < -0.4 is 0 Å². The predicted molar refractivity (Wildman–Crippen MR) is 56.2 cm³/mol. The summed E-state index contributed by atoms with van der Waals surface area (Å²) in [4.78, 5) is 3.88. The minimum absolute atomic E-state index is 0. The van der Waals surface area contributed by atoms with E-state index in [2.05, 4.69) is 11.2 Å². The molecule has 0 amide bonds. The van der Waals surface area contributed by atoms with E-state index in [1.54, 1.807) is 12.3 Å². The van der Waals surface area contributed by atoms with Crippen molar-refractivity contribution in [3.05, 3.63) is 34.9 Å².